The summed E-state index contributed by atoms with van der Waals surface area (Å²) in [7, 11) is -3.75. The molecule has 0 radical (unpaired) electrons. The third kappa shape index (κ3) is 6.53. The van der Waals surface area contributed by atoms with Gasteiger partial charge in [0.05, 0.1) is 16.2 Å². The Morgan fingerprint density at radius 3 is 2.59 bits per heavy atom. The monoisotopic (exact) mass is 487 g/mol. The molecule has 0 spiro atoms. The highest BCUT2D eigenvalue weighted by Gasteiger charge is 2.16. The van der Waals surface area contributed by atoms with Crippen molar-refractivity contribution in [3.05, 3.63) is 59.2 Å². The lowest BCUT2D eigenvalue weighted by Crippen LogP contribution is -2.15. The molecule has 1 amide bonds. The van der Waals surface area contributed by atoms with Gasteiger partial charge in [0.1, 0.15) is 11.1 Å². The number of pyridine rings is 1. The van der Waals surface area contributed by atoms with Crippen molar-refractivity contribution in [1.29, 1.82) is 5.26 Å². The molecule has 2 heterocycles. The van der Waals surface area contributed by atoms with E-state index in [9.17, 15) is 18.5 Å². The Balaban J connectivity index is 1.60. The number of sulfonamides is 1. The van der Waals surface area contributed by atoms with Crippen LogP contribution >= 0.6 is 23.1 Å². The molecule has 0 unspecified atom stereocenters. The number of aromatic nitrogens is 2. The molecule has 2 N–H and O–H groups in total. The fourth-order valence-electron chi connectivity index (χ4n) is 2.70. The van der Waals surface area contributed by atoms with Crippen molar-refractivity contribution in [3.8, 4) is 6.07 Å². The number of anilines is 2. The molecule has 8 nitrogen and oxygen atoms in total. The Morgan fingerprint density at radius 2 is 1.97 bits per heavy atom. The largest absolute Gasteiger partial charge is 0.325 e. The summed E-state index contributed by atoms with van der Waals surface area (Å²) in [6.07, 6.45) is 2.30. The maximum absolute atomic E-state index is 12.4. The Bertz CT molecular complexity index is 1220. The molecule has 32 heavy (non-hydrogen) atoms. The Labute approximate surface area is 195 Å². The molecule has 0 bridgehead atoms. The number of nitriles is 1. The zero-order chi connectivity index (χ0) is 23.1. The van der Waals surface area contributed by atoms with E-state index in [1.165, 1.54) is 53.6 Å². The van der Waals surface area contributed by atoms with Gasteiger partial charge in [-0.15, -0.1) is 11.3 Å². The number of rotatable bonds is 9. The van der Waals surface area contributed by atoms with Crippen molar-refractivity contribution in [2.45, 2.75) is 30.2 Å². The first-order chi connectivity index (χ1) is 15.3. The Kier molecular flexibility index (Phi) is 7.84. The average molecular weight is 488 g/mol. The van der Waals surface area contributed by atoms with Crippen molar-refractivity contribution in [1.82, 2.24) is 9.97 Å². The molecule has 0 aliphatic heterocycles. The summed E-state index contributed by atoms with van der Waals surface area (Å²) in [6.45, 7) is 4.18. The molecule has 11 heteroatoms. The first kappa shape index (κ1) is 23.7. The van der Waals surface area contributed by atoms with Gasteiger partial charge in [0, 0.05) is 23.0 Å². The molecular formula is C21H21N5O3S3. The van der Waals surface area contributed by atoms with Gasteiger partial charge in [0.25, 0.3) is 10.0 Å². The fourth-order valence-corrected chi connectivity index (χ4v) is 5.28. The highest BCUT2D eigenvalue weighted by Crippen LogP contribution is 2.23. The third-order valence-corrected chi connectivity index (χ3v) is 7.26. The lowest BCUT2D eigenvalue weighted by molar-refractivity contribution is -0.113. The van der Waals surface area contributed by atoms with Crippen LogP contribution in [-0.4, -0.2) is 30.0 Å². The van der Waals surface area contributed by atoms with Gasteiger partial charge in [-0.25, -0.2) is 18.4 Å². The van der Waals surface area contributed by atoms with Crippen molar-refractivity contribution in [2.24, 2.45) is 5.92 Å². The molecule has 0 saturated heterocycles. The Morgan fingerprint density at radius 1 is 1.22 bits per heavy atom. The molecule has 0 atom stereocenters. The van der Waals surface area contributed by atoms with Crippen LogP contribution < -0.4 is 10.0 Å². The topological polar surface area (TPSA) is 125 Å². The molecular weight excluding hydrogens is 466 g/mol. The van der Waals surface area contributed by atoms with E-state index in [2.05, 4.69) is 39.9 Å². The standard InChI is InChI=1S/C21H21N5O3S3/c1-14(2)11-17-4-3-15(12-22)20(25-17)31-13-19(27)24-16-5-7-18(8-6-16)32(28,29)26-21-23-9-10-30-21/h3-10,14H,11,13H2,1-2H3,(H,23,26)(H,24,27). The van der Waals surface area contributed by atoms with Crippen LogP contribution in [0.15, 0.2) is 57.9 Å². The van der Waals surface area contributed by atoms with Crippen LogP contribution in [-0.2, 0) is 21.2 Å². The molecule has 0 fully saturated rings. The van der Waals surface area contributed by atoms with E-state index in [1.807, 2.05) is 6.07 Å². The van der Waals surface area contributed by atoms with Gasteiger partial charge in [-0.3, -0.25) is 9.52 Å². The first-order valence-electron chi connectivity index (χ1n) is 9.62. The van der Waals surface area contributed by atoms with Crippen LogP contribution in [0, 0.1) is 17.2 Å². The van der Waals surface area contributed by atoms with Gasteiger partial charge in [-0.1, -0.05) is 25.6 Å². The number of thiazole rings is 1. The van der Waals surface area contributed by atoms with Crippen LogP contribution in [0.1, 0.15) is 25.1 Å². The molecule has 3 rings (SSSR count). The second-order valence-corrected chi connectivity index (χ2v) is 10.7. The van der Waals surface area contributed by atoms with Gasteiger partial charge >= 0.3 is 0 Å². The SMILES string of the molecule is CC(C)Cc1ccc(C#N)c(SCC(=O)Nc2ccc(S(=O)(=O)Nc3nccs3)cc2)n1. The van der Waals surface area contributed by atoms with E-state index >= 15 is 0 Å². The number of benzene rings is 1. The van der Waals surface area contributed by atoms with Crippen LogP contribution in [0.3, 0.4) is 0 Å². The fraction of sp³-hybridized carbons (Fsp3) is 0.238. The zero-order valence-electron chi connectivity index (χ0n) is 17.4. The molecule has 1 aromatic carbocycles. The summed E-state index contributed by atoms with van der Waals surface area (Å²) >= 11 is 2.37. The minimum atomic E-state index is -3.75. The normalized spacial score (nSPS) is 11.2. The summed E-state index contributed by atoms with van der Waals surface area (Å²) in [5.74, 6) is 0.213. The number of carbonyl (C=O) groups excluding carboxylic acids is 1. The average Bonchev–Trinajstić information content (AvgIpc) is 3.24. The van der Waals surface area contributed by atoms with Crippen LogP contribution in [0.2, 0.25) is 0 Å². The Hall–Kier alpha value is -2.94. The van der Waals surface area contributed by atoms with Gasteiger partial charge in [-0.05, 0) is 48.7 Å². The highest BCUT2D eigenvalue weighted by molar-refractivity contribution is 8.00. The van der Waals surface area contributed by atoms with E-state index < -0.39 is 10.0 Å². The molecule has 0 aliphatic carbocycles. The van der Waals surface area contributed by atoms with Crippen LogP contribution in [0.4, 0.5) is 10.8 Å². The summed E-state index contributed by atoms with van der Waals surface area (Å²) in [6, 6.07) is 11.5. The zero-order valence-corrected chi connectivity index (χ0v) is 19.9. The molecule has 166 valence electrons. The van der Waals surface area contributed by atoms with Crippen molar-refractivity contribution in [3.63, 3.8) is 0 Å². The summed E-state index contributed by atoms with van der Waals surface area (Å²) in [5.41, 5.74) is 1.77. The molecule has 0 saturated carbocycles. The van der Waals surface area contributed by atoms with Crippen molar-refractivity contribution in [2.75, 3.05) is 15.8 Å². The van der Waals surface area contributed by atoms with Gasteiger partial charge < -0.3 is 5.32 Å². The minimum absolute atomic E-state index is 0.0601. The number of hydrogen-bond donors (Lipinski definition) is 2. The van der Waals surface area contributed by atoms with Gasteiger partial charge in [0.15, 0.2) is 5.13 Å². The van der Waals surface area contributed by atoms with Crippen molar-refractivity contribution >= 4 is 49.8 Å². The first-order valence-corrected chi connectivity index (χ1v) is 13.0. The number of hydrogen-bond acceptors (Lipinski definition) is 8. The summed E-state index contributed by atoms with van der Waals surface area (Å²) in [5, 5.41) is 14.5. The number of nitrogens with one attached hydrogen (secondary N) is 2. The highest BCUT2D eigenvalue weighted by atomic mass is 32.2. The molecule has 2 aromatic heterocycles. The van der Waals surface area contributed by atoms with Crippen molar-refractivity contribution < 1.29 is 13.2 Å². The molecule has 3 aromatic rings. The molecule has 0 aliphatic rings. The minimum Gasteiger partial charge on any atom is -0.325 e. The lowest BCUT2D eigenvalue weighted by Gasteiger charge is -2.09. The van der Waals surface area contributed by atoms with E-state index in [0.717, 1.165) is 12.1 Å². The predicted molar refractivity (Wildman–Crippen MR) is 126 cm³/mol. The number of amides is 1. The van der Waals surface area contributed by atoms with E-state index in [-0.39, 0.29) is 21.7 Å². The van der Waals surface area contributed by atoms with E-state index in [1.54, 1.807) is 11.4 Å². The lowest BCUT2D eigenvalue weighted by atomic mass is 10.1. The second kappa shape index (κ2) is 10.6. The predicted octanol–water partition coefficient (Wildman–Crippen LogP) is 4.14. The number of nitrogens with zero attached hydrogens (tertiary/aromatic N) is 3. The maximum atomic E-state index is 12.4. The van der Waals surface area contributed by atoms with E-state index in [0.29, 0.717) is 22.2 Å². The summed E-state index contributed by atoms with van der Waals surface area (Å²) < 4.78 is 27.2. The second-order valence-electron chi connectivity index (χ2n) is 7.17. The quantitative estimate of drug-likeness (QED) is 0.435. The van der Waals surface area contributed by atoms with Crippen LogP contribution in [0.5, 0.6) is 0 Å². The smallest absolute Gasteiger partial charge is 0.263 e. The van der Waals surface area contributed by atoms with Crippen LogP contribution in [0.25, 0.3) is 0 Å². The van der Waals surface area contributed by atoms with Gasteiger partial charge in [0.2, 0.25) is 5.91 Å². The summed E-state index contributed by atoms with van der Waals surface area (Å²) in [4.78, 5) is 20.8. The van der Waals surface area contributed by atoms with E-state index in [4.69, 9.17) is 0 Å². The third-order valence-electron chi connectivity index (χ3n) is 4.10. The number of thioether (sulfide) groups is 1. The number of carbonyl (C=O) groups is 1. The van der Waals surface area contributed by atoms with Gasteiger partial charge in [-0.2, -0.15) is 5.26 Å². The maximum Gasteiger partial charge on any atom is 0.263 e.